The topological polar surface area (TPSA) is 116 Å². The van der Waals surface area contributed by atoms with Crippen LogP contribution < -0.4 is 4.74 Å². The van der Waals surface area contributed by atoms with Crippen LogP contribution in [0.3, 0.4) is 0 Å². The number of carbonyl (C=O) groups is 1. The van der Waals surface area contributed by atoms with Gasteiger partial charge in [-0.05, 0) is 19.1 Å². The van der Waals surface area contributed by atoms with Gasteiger partial charge in [0.25, 0.3) is 0 Å². The monoisotopic (exact) mass is 284 g/mol. The van der Waals surface area contributed by atoms with Crippen LogP contribution in [0.2, 0.25) is 0 Å². The Hall–Kier alpha value is -1.67. The number of rotatable bonds is 3. The van der Waals surface area contributed by atoms with Gasteiger partial charge in [0.05, 0.1) is 6.61 Å². The second kappa shape index (κ2) is 5.02. The first-order valence-electron chi connectivity index (χ1n) is 6.01. The SMILES string of the molecule is CC1(O)C(O)C(O)COC1(Oc1ccccc1)C(=O)O. The van der Waals surface area contributed by atoms with Crippen molar-refractivity contribution in [1.82, 2.24) is 0 Å². The van der Waals surface area contributed by atoms with Crippen LogP contribution >= 0.6 is 0 Å². The third-order valence-corrected chi connectivity index (χ3v) is 3.35. The number of hydrogen-bond donors (Lipinski definition) is 4. The molecule has 1 aliphatic heterocycles. The third-order valence-electron chi connectivity index (χ3n) is 3.35. The molecule has 7 nitrogen and oxygen atoms in total. The molecule has 0 spiro atoms. The molecule has 7 heteroatoms. The molecule has 4 atom stereocenters. The number of para-hydroxylation sites is 1. The molecule has 1 saturated heterocycles. The predicted molar refractivity (Wildman–Crippen MR) is 66.0 cm³/mol. The van der Waals surface area contributed by atoms with Gasteiger partial charge in [-0.3, -0.25) is 0 Å². The Morgan fingerprint density at radius 2 is 1.95 bits per heavy atom. The number of carboxylic acid groups (broad SMARTS) is 1. The lowest BCUT2D eigenvalue weighted by atomic mass is 9.83. The van der Waals surface area contributed by atoms with E-state index in [4.69, 9.17) is 9.47 Å². The van der Waals surface area contributed by atoms with Crippen LogP contribution in [0.4, 0.5) is 0 Å². The van der Waals surface area contributed by atoms with Gasteiger partial charge in [0.2, 0.25) is 0 Å². The lowest BCUT2D eigenvalue weighted by molar-refractivity contribution is -0.337. The zero-order valence-corrected chi connectivity index (χ0v) is 10.8. The first-order chi connectivity index (χ1) is 9.31. The van der Waals surface area contributed by atoms with Crippen molar-refractivity contribution in [2.24, 2.45) is 0 Å². The van der Waals surface area contributed by atoms with E-state index < -0.39 is 36.2 Å². The van der Waals surface area contributed by atoms with Gasteiger partial charge >= 0.3 is 11.8 Å². The second-order valence-electron chi connectivity index (χ2n) is 4.81. The molecule has 0 radical (unpaired) electrons. The van der Waals surface area contributed by atoms with Gasteiger partial charge < -0.3 is 29.9 Å². The minimum Gasteiger partial charge on any atom is -0.476 e. The molecule has 4 unspecified atom stereocenters. The zero-order chi connectivity index (χ0) is 15.0. The van der Waals surface area contributed by atoms with Gasteiger partial charge in [-0.25, -0.2) is 4.79 Å². The summed E-state index contributed by atoms with van der Waals surface area (Å²) in [5, 5.41) is 39.1. The number of ether oxygens (including phenoxy) is 2. The molecule has 2 rings (SSSR count). The maximum atomic E-state index is 11.5. The molecule has 0 amide bonds. The van der Waals surface area contributed by atoms with E-state index >= 15 is 0 Å². The molecular formula is C13H16O7. The van der Waals surface area contributed by atoms with E-state index in [1.807, 2.05) is 0 Å². The summed E-state index contributed by atoms with van der Waals surface area (Å²) in [5.74, 6) is -3.96. The minimum atomic E-state index is -2.51. The van der Waals surface area contributed by atoms with Crippen LogP contribution in [0.1, 0.15) is 6.92 Å². The number of hydrogen-bond acceptors (Lipinski definition) is 6. The number of carboxylic acids is 1. The van der Waals surface area contributed by atoms with Crippen LogP contribution in [0.15, 0.2) is 30.3 Å². The van der Waals surface area contributed by atoms with Gasteiger partial charge in [-0.2, -0.15) is 0 Å². The molecule has 0 aliphatic carbocycles. The van der Waals surface area contributed by atoms with Crippen molar-refractivity contribution in [3.63, 3.8) is 0 Å². The Bertz CT molecular complexity index is 487. The van der Waals surface area contributed by atoms with E-state index in [0.29, 0.717) is 0 Å². The van der Waals surface area contributed by atoms with Crippen molar-refractivity contribution < 1.29 is 34.7 Å². The summed E-state index contributed by atoms with van der Waals surface area (Å²) in [7, 11) is 0. The Labute approximate surface area is 115 Å². The molecule has 0 bridgehead atoms. The van der Waals surface area contributed by atoms with Crippen LogP contribution in [0.5, 0.6) is 5.75 Å². The molecule has 0 saturated carbocycles. The molecule has 20 heavy (non-hydrogen) atoms. The quantitative estimate of drug-likeness (QED) is 0.582. The number of aliphatic hydroxyl groups is 3. The average Bonchev–Trinajstić information content (AvgIpc) is 2.41. The molecule has 0 aromatic heterocycles. The van der Waals surface area contributed by atoms with Crippen molar-refractivity contribution in [2.45, 2.75) is 30.5 Å². The van der Waals surface area contributed by atoms with E-state index in [9.17, 15) is 25.2 Å². The number of aliphatic carboxylic acids is 1. The highest BCUT2D eigenvalue weighted by molar-refractivity contribution is 5.78. The van der Waals surface area contributed by atoms with Crippen LogP contribution in [-0.4, -0.2) is 56.6 Å². The van der Waals surface area contributed by atoms with Crippen LogP contribution in [0.25, 0.3) is 0 Å². The van der Waals surface area contributed by atoms with Crippen molar-refractivity contribution in [3.8, 4) is 5.75 Å². The standard InChI is InChI=1S/C13H16O7/c1-12(18)10(15)9(14)7-19-13(12,11(16)17)20-8-5-3-2-4-6-8/h2-6,9-10,14-15,18H,7H2,1H3,(H,16,17). The summed E-state index contributed by atoms with van der Waals surface area (Å²) >= 11 is 0. The molecule has 1 aromatic carbocycles. The molecule has 110 valence electrons. The first kappa shape index (κ1) is 14.7. The Kier molecular flexibility index (Phi) is 3.70. The summed E-state index contributed by atoms with van der Waals surface area (Å²) in [4.78, 5) is 11.5. The van der Waals surface area contributed by atoms with Gasteiger partial charge in [0.1, 0.15) is 18.0 Å². The predicted octanol–water partition coefficient (Wildman–Crippen LogP) is -0.651. The highest BCUT2D eigenvalue weighted by Crippen LogP contribution is 2.37. The van der Waals surface area contributed by atoms with Crippen molar-refractivity contribution >= 4 is 5.97 Å². The van der Waals surface area contributed by atoms with E-state index in [1.165, 1.54) is 12.1 Å². The Morgan fingerprint density at radius 3 is 2.50 bits per heavy atom. The summed E-state index contributed by atoms with van der Waals surface area (Å²) in [6.07, 6.45) is -3.13. The highest BCUT2D eigenvalue weighted by atomic mass is 16.7. The summed E-state index contributed by atoms with van der Waals surface area (Å²) < 4.78 is 10.3. The van der Waals surface area contributed by atoms with Crippen LogP contribution in [0, 0.1) is 0 Å². The first-order valence-corrected chi connectivity index (χ1v) is 6.01. The van der Waals surface area contributed by atoms with Crippen molar-refractivity contribution in [3.05, 3.63) is 30.3 Å². The second-order valence-corrected chi connectivity index (χ2v) is 4.81. The van der Waals surface area contributed by atoms with E-state index in [-0.39, 0.29) is 5.75 Å². The Balaban J connectivity index is 2.42. The normalized spacial score (nSPS) is 37.4. The molecule has 1 aromatic rings. The van der Waals surface area contributed by atoms with E-state index in [2.05, 4.69) is 0 Å². The minimum absolute atomic E-state index is 0.152. The van der Waals surface area contributed by atoms with Gasteiger partial charge in [-0.1, -0.05) is 18.2 Å². The van der Waals surface area contributed by atoms with Gasteiger partial charge in [-0.15, -0.1) is 0 Å². The Morgan fingerprint density at radius 1 is 1.35 bits per heavy atom. The smallest absolute Gasteiger partial charge is 0.380 e. The molecule has 1 aliphatic rings. The van der Waals surface area contributed by atoms with Crippen LogP contribution in [-0.2, 0) is 9.53 Å². The van der Waals surface area contributed by atoms with Gasteiger partial charge in [0, 0.05) is 0 Å². The maximum Gasteiger partial charge on any atom is 0.380 e. The fourth-order valence-electron chi connectivity index (χ4n) is 2.12. The van der Waals surface area contributed by atoms with Gasteiger partial charge in [0.15, 0.2) is 5.60 Å². The largest absolute Gasteiger partial charge is 0.476 e. The summed E-state index contributed by atoms with van der Waals surface area (Å²) in [6.45, 7) is 0.563. The molecule has 4 N–H and O–H groups in total. The summed E-state index contributed by atoms with van der Waals surface area (Å²) in [6, 6.07) is 7.92. The summed E-state index contributed by atoms with van der Waals surface area (Å²) in [5.41, 5.74) is -2.34. The fraction of sp³-hybridized carbons (Fsp3) is 0.462. The average molecular weight is 284 g/mol. The lowest BCUT2D eigenvalue weighted by Crippen LogP contribution is -2.74. The maximum absolute atomic E-state index is 11.5. The third kappa shape index (κ3) is 2.14. The fourth-order valence-corrected chi connectivity index (χ4v) is 2.12. The number of aliphatic hydroxyl groups excluding tert-OH is 2. The van der Waals surface area contributed by atoms with Crippen molar-refractivity contribution in [1.29, 1.82) is 0 Å². The molecular weight excluding hydrogens is 268 g/mol. The number of benzene rings is 1. The zero-order valence-electron chi connectivity index (χ0n) is 10.8. The lowest BCUT2D eigenvalue weighted by Gasteiger charge is -2.48. The van der Waals surface area contributed by atoms with E-state index in [0.717, 1.165) is 6.92 Å². The van der Waals surface area contributed by atoms with E-state index in [1.54, 1.807) is 18.2 Å². The molecule has 1 fully saturated rings. The van der Waals surface area contributed by atoms with Crippen molar-refractivity contribution in [2.75, 3.05) is 6.61 Å². The highest BCUT2D eigenvalue weighted by Gasteiger charge is 2.66. The molecule has 1 heterocycles.